The number of nitrogens with one attached hydrogen (secondary N) is 1. The Balaban J connectivity index is 3.01. The van der Waals surface area contributed by atoms with Gasteiger partial charge in [-0.1, -0.05) is 6.92 Å². The molecule has 0 fully saturated rings. The molecule has 0 saturated heterocycles. The molecule has 0 saturated carbocycles. The second-order valence-corrected chi connectivity index (χ2v) is 5.49. The minimum atomic E-state index is 0.202. The predicted molar refractivity (Wildman–Crippen MR) is 89.4 cm³/mol. The van der Waals surface area contributed by atoms with Gasteiger partial charge in [0.2, 0.25) is 0 Å². The van der Waals surface area contributed by atoms with Crippen molar-refractivity contribution in [3.05, 3.63) is 22.2 Å². The van der Waals surface area contributed by atoms with Gasteiger partial charge in [0.25, 0.3) is 0 Å². The highest BCUT2D eigenvalue weighted by molar-refractivity contribution is 9.10. The zero-order chi connectivity index (χ0) is 15.7. The molecule has 1 rings (SSSR count). The maximum atomic E-state index is 5.58. The fourth-order valence-electron chi connectivity index (χ4n) is 2.22. The first kappa shape index (κ1) is 18.3. The van der Waals surface area contributed by atoms with Crippen LogP contribution in [-0.4, -0.2) is 34.0 Å². The Morgan fingerprint density at radius 1 is 1.19 bits per heavy atom. The molecule has 1 unspecified atom stereocenters. The van der Waals surface area contributed by atoms with Gasteiger partial charge in [-0.3, -0.25) is 0 Å². The quantitative estimate of drug-likeness (QED) is 0.642. The SMILES string of the molecule is CCCNC(CCOCC)c1ccc(OC)c(Br)c1OC. The second kappa shape index (κ2) is 10.0. The summed E-state index contributed by atoms with van der Waals surface area (Å²) in [6, 6.07) is 4.22. The van der Waals surface area contributed by atoms with E-state index in [9.17, 15) is 0 Å². The van der Waals surface area contributed by atoms with Crippen LogP contribution in [0.1, 0.15) is 38.3 Å². The molecule has 0 radical (unpaired) electrons. The summed E-state index contributed by atoms with van der Waals surface area (Å²) in [7, 11) is 3.34. The lowest BCUT2D eigenvalue weighted by Crippen LogP contribution is -2.24. The smallest absolute Gasteiger partial charge is 0.141 e. The van der Waals surface area contributed by atoms with Crippen molar-refractivity contribution in [2.75, 3.05) is 34.0 Å². The number of hydrogen-bond acceptors (Lipinski definition) is 4. The number of methoxy groups -OCH3 is 2. The summed E-state index contributed by atoms with van der Waals surface area (Å²) >= 11 is 3.56. The van der Waals surface area contributed by atoms with Gasteiger partial charge in [-0.25, -0.2) is 0 Å². The summed E-state index contributed by atoms with van der Waals surface area (Å²) in [5.41, 5.74) is 1.12. The average molecular weight is 360 g/mol. The Bertz CT molecular complexity index is 426. The summed E-state index contributed by atoms with van der Waals surface area (Å²) in [5, 5.41) is 3.56. The van der Waals surface area contributed by atoms with Crippen LogP contribution in [0.3, 0.4) is 0 Å². The molecule has 120 valence electrons. The molecule has 0 aliphatic heterocycles. The van der Waals surface area contributed by atoms with Gasteiger partial charge >= 0.3 is 0 Å². The van der Waals surface area contributed by atoms with Crippen molar-refractivity contribution in [2.24, 2.45) is 0 Å². The van der Waals surface area contributed by atoms with Gasteiger partial charge in [0, 0.05) is 24.8 Å². The third kappa shape index (κ3) is 5.16. The number of ether oxygens (including phenoxy) is 3. The van der Waals surface area contributed by atoms with Crippen LogP contribution in [0.25, 0.3) is 0 Å². The molecular weight excluding hydrogens is 334 g/mol. The topological polar surface area (TPSA) is 39.7 Å². The summed E-state index contributed by atoms with van der Waals surface area (Å²) < 4.78 is 17.3. The normalized spacial score (nSPS) is 12.2. The van der Waals surface area contributed by atoms with Crippen LogP contribution in [0.4, 0.5) is 0 Å². The molecule has 0 spiro atoms. The van der Waals surface area contributed by atoms with Gasteiger partial charge in [0.1, 0.15) is 16.0 Å². The molecule has 5 heteroatoms. The highest BCUT2D eigenvalue weighted by Gasteiger charge is 2.20. The van der Waals surface area contributed by atoms with E-state index in [2.05, 4.69) is 34.2 Å². The van der Waals surface area contributed by atoms with Crippen LogP contribution < -0.4 is 14.8 Å². The van der Waals surface area contributed by atoms with Crippen molar-refractivity contribution in [1.29, 1.82) is 0 Å². The number of hydrogen-bond donors (Lipinski definition) is 1. The van der Waals surface area contributed by atoms with E-state index in [1.165, 1.54) is 0 Å². The lowest BCUT2D eigenvalue weighted by molar-refractivity contribution is 0.136. The Morgan fingerprint density at radius 3 is 2.52 bits per heavy atom. The van der Waals surface area contributed by atoms with Crippen molar-refractivity contribution in [2.45, 2.75) is 32.7 Å². The standard InChI is InChI=1S/C16H26BrNO3/c1-5-10-18-13(9-11-21-6-2)12-7-8-14(19-3)15(17)16(12)20-4/h7-8,13,18H,5-6,9-11H2,1-4H3. The van der Waals surface area contributed by atoms with E-state index in [0.717, 1.165) is 54.1 Å². The molecule has 4 nitrogen and oxygen atoms in total. The highest BCUT2D eigenvalue weighted by Crippen LogP contribution is 2.40. The molecule has 0 heterocycles. The van der Waals surface area contributed by atoms with Gasteiger partial charge in [-0.15, -0.1) is 0 Å². The van der Waals surface area contributed by atoms with E-state index in [-0.39, 0.29) is 6.04 Å². The molecule has 21 heavy (non-hydrogen) atoms. The first-order valence-corrected chi connectivity index (χ1v) is 8.20. The first-order valence-electron chi connectivity index (χ1n) is 7.41. The summed E-state index contributed by atoms with van der Waals surface area (Å²) in [4.78, 5) is 0. The summed E-state index contributed by atoms with van der Waals surface area (Å²) in [6.45, 7) is 6.60. The van der Waals surface area contributed by atoms with Crippen molar-refractivity contribution in [3.63, 3.8) is 0 Å². The Hall–Kier alpha value is -0.780. The summed E-state index contributed by atoms with van der Waals surface area (Å²) in [5.74, 6) is 1.59. The third-order valence-electron chi connectivity index (χ3n) is 3.29. The van der Waals surface area contributed by atoms with Gasteiger partial charge in [-0.05, 0) is 54.4 Å². The third-order valence-corrected chi connectivity index (χ3v) is 4.04. The van der Waals surface area contributed by atoms with E-state index < -0.39 is 0 Å². The largest absolute Gasteiger partial charge is 0.495 e. The van der Waals surface area contributed by atoms with Crippen LogP contribution in [0.2, 0.25) is 0 Å². The van der Waals surface area contributed by atoms with Gasteiger partial charge in [-0.2, -0.15) is 0 Å². The van der Waals surface area contributed by atoms with Gasteiger partial charge < -0.3 is 19.5 Å². The molecule has 1 aromatic carbocycles. The fraction of sp³-hybridized carbons (Fsp3) is 0.625. The van der Waals surface area contributed by atoms with E-state index in [4.69, 9.17) is 14.2 Å². The molecule has 0 amide bonds. The summed E-state index contributed by atoms with van der Waals surface area (Å²) in [6.07, 6.45) is 1.99. The van der Waals surface area contributed by atoms with Crippen molar-refractivity contribution >= 4 is 15.9 Å². The van der Waals surface area contributed by atoms with E-state index in [0.29, 0.717) is 0 Å². The van der Waals surface area contributed by atoms with Crippen LogP contribution >= 0.6 is 15.9 Å². The van der Waals surface area contributed by atoms with Crippen molar-refractivity contribution < 1.29 is 14.2 Å². The average Bonchev–Trinajstić information content (AvgIpc) is 2.50. The van der Waals surface area contributed by atoms with E-state index in [1.54, 1.807) is 14.2 Å². The molecule has 0 bridgehead atoms. The minimum absolute atomic E-state index is 0.202. The predicted octanol–water partition coefficient (Wildman–Crippen LogP) is 3.93. The molecule has 1 N–H and O–H groups in total. The monoisotopic (exact) mass is 359 g/mol. The lowest BCUT2D eigenvalue weighted by Gasteiger charge is -2.22. The zero-order valence-electron chi connectivity index (χ0n) is 13.4. The van der Waals surface area contributed by atoms with Gasteiger partial charge in [0.15, 0.2) is 0 Å². The molecule has 0 aliphatic carbocycles. The Kier molecular flexibility index (Phi) is 8.73. The highest BCUT2D eigenvalue weighted by atomic mass is 79.9. The molecule has 1 atom stereocenters. The molecule has 0 aromatic heterocycles. The van der Waals surface area contributed by atoms with Crippen molar-refractivity contribution in [1.82, 2.24) is 5.32 Å². The van der Waals surface area contributed by atoms with E-state index >= 15 is 0 Å². The number of halogens is 1. The van der Waals surface area contributed by atoms with Gasteiger partial charge in [0.05, 0.1) is 14.2 Å². The van der Waals surface area contributed by atoms with Crippen LogP contribution in [0.5, 0.6) is 11.5 Å². The number of rotatable bonds is 10. The van der Waals surface area contributed by atoms with Crippen molar-refractivity contribution in [3.8, 4) is 11.5 Å². The lowest BCUT2D eigenvalue weighted by atomic mass is 10.0. The zero-order valence-corrected chi connectivity index (χ0v) is 15.0. The minimum Gasteiger partial charge on any atom is -0.495 e. The van der Waals surface area contributed by atoms with Crippen LogP contribution in [0, 0.1) is 0 Å². The Morgan fingerprint density at radius 2 is 1.95 bits per heavy atom. The first-order chi connectivity index (χ1) is 10.2. The number of benzene rings is 1. The Labute approximate surface area is 136 Å². The molecule has 0 aliphatic rings. The molecular formula is C16H26BrNO3. The fourth-order valence-corrected chi connectivity index (χ4v) is 2.91. The maximum Gasteiger partial charge on any atom is 0.141 e. The second-order valence-electron chi connectivity index (χ2n) is 4.70. The van der Waals surface area contributed by atoms with E-state index in [1.807, 2.05) is 13.0 Å². The van der Waals surface area contributed by atoms with Crippen LogP contribution in [0.15, 0.2) is 16.6 Å². The maximum absolute atomic E-state index is 5.58. The molecule has 1 aromatic rings. The van der Waals surface area contributed by atoms with Crippen LogP contribution in [-0.2, 0) is 4.74 Å².